The number of hydrogen-bond donors (Lipinski definition) is 3. The Labute approximate surface area is 145 Å². The molecule has 0 aliphatic heterocycles. The molecule has 24 heavy (non-hydrogen) atoms. The maximum atomic E-state index is 13.3. The summed E-state index contributed by atoms with van der Waals surface area (Å²) in [5, 5.41) is 11.6. The predicted molar refractivity (Wildman–Crippen MR) is 97.7 cm³/mol. The number of rotatable bonds is 5. The van der Waals surface area contributed by atoms with Gasteiger partial charge in [-0.1, -0.05) is 13.0 Å². The fourth-order valence-electron chi connectivity index (χ4n) is 2.59. The average molecular weight is 352 g/mol. The highest BCUT2D eigenvalue weighted by Gasteiger charge is 2.20. The molecule has 1 aliphatic carbocycles. The van der Waals surface area contributed by atoms with E-state index < -0.39 is 5.60 Å². The maximum Gasteiger partial charge on any atom is 0.129 e. The lowest BCUT2D eigenvalue weighted by Crippen LogP contribution is -2.41. The Hall–Kier alpha value is -1.73. The Morgan fingerprint density at radius 2 is 2.12 bits per heavy atom. The Morgan fingerprint density at radius 3 is 2.62 bits per heavy atom. The summed E-state index contributed by atoms with van der Waals surface area (Å²) in [6.45, 7) is 5.91. The van der Waals surface area contributed by atoms with E-state index >= 15 is 0 Å². The van der Waals surface area contributed by atoms with Crippen LogP contribution in [-0.4, -0.2) is 26.0 Å². The molecular weight excluding hydrogens is 327 g/mol. The Bertz CT molecular complexity index is 783. The molecule has 1 heterocycles. The van der Waals surface area contributed by atoms with Crippen LogP contribution in [0.4, 0.5) is 4.39 Å². The SMILES string of the molecule is CCSCc1nc(=C(N)N)/c(=C2/C=CC(F)=CC2)n1CC(C)(C)O. The number of thioether (sulfide) groups is 1. The van der Waals surface area contributed by atoms with E-state index in [1.54, 1.807) is 31.7 Å². The first-order valence-electron chi connectivity index (χ1n) is 7.90. The van der Waals surface area contributed by atoms with Gasteiger partial charge in [0.05, 0.1) is 23.2 Å². The summed E-state index contributed by atoms with van der Waals surface area (Å²) in [4.78, 5) is 4.60. The minimum absolute atomic E-state index is 0.123. The first kappa shape index (κ1) is 18.6. The quantitative estimate of drug-likeness (QED) is 0.731. The molecule has 0 spiro atoms. The monoisotopic (exact) mass is 352 g/mol. The maximum absolute atomic E-state index is 13.3. The van der Waals surface area contributed by atoms with Gasteiger partial charge in [-0.2, -0.15) is 11.8 Å². The average Bonchev–Trinajstić information content (AvgIpc) is 2.83. The van der Waals surface area contributed by atoms with Crippen molar-refractivity contribution in [1.29, 1.82) is 0 Å². The second kappa shape index (κ2) is 7.44. The number of nitrogens with zero attached hydrogens (tertiary/aromatic N) is 2. The number of halogens is 1. The van der Waals surface area contributed by atoms with Crippen LogP contribution in [0.15, 0.2) is 24.1 Å². The molecule has 1 aliphatic rings. The smallest absolute Gasteiger partial charge is 0.129 e. The van der Waals surface area contributed by atoms with E-state index in [-0.39, 0.29) is 11.6 Å². The summed E-state index contributed by atoms with van der Waals surface area (Å²) in [6, 6.07) is 0. The van der Waals surface area contributed by atoms with Crippen LogP contribution in [0.25, 0.3) is 11.4 Å². The highest BCUT2D eigenvalue weighted by Crippen LogP contribution is 2.17. The van der Waals surface area contributed by atoms with Crippen molar-refractivity contribution in [1.82, 2.24) is 9.55 Å². The lowest BCUT2D eigenvalue weighted by molar-refractivity contribution is 0.0599. The minimum Gasteiger partial charge on any atom is -0.389 e. The van der Waals surface area contributed by atoms with Crippen LogP contribution in [0.2, 0.25) is 0 Å². The minimum atomic E-state index is -0.929. The molecule has 0 amide bonds. The number of hydrogen-bond acceptors (Lipinski definition) is 5. The molecule has 0 saturated carbocycles. The first-order valence-corrected chi connectivity index (χ1v) is 9.06. The van der Waals surface area contributed by atoms with Gasteiger partial charge in [0.15, 0.2) is 0 Å². The second-order valence-electron chi connectivity index (χ2n) is 6.37. The van der Waals surface area contributed by atoms with E-state index in [4.69, 9.17) is 11.5 Å². The summed E-state index contributed by atoms with van der Waals surface area (Å²) < 4.78 is 15.3. The van der Waals surface area contributed by atoms with Crippen LogP contribution < -0.4 is 22.2 Å². The standard InChI is InChI=1S/C17H25FN4OS/c1-4-24-9-13-21-14(16(19)20)15(22(13)10-17(2,3)23)11-5-7-12(18)8-6-11/h5,7-8,23H,4,6,9-10,19-20H2,1-3H3/b15-11+. The molecule has 0 aromatic carbocycles. The summed E-state index contributed by atoms with van der Waals surface area (Å²) in [6.07, 6.45) is 5.07. The van der Waals surface area contributed by atoms with Crippen molar-refractivity contribution in [3.63, 3.8) is 0 Å². The van der Waals surface area contributed by atoms with Crippen LogP contribution in [-0.2, 0) is 12.3 Å². The lowest BCUT2D eigenvalue weighted by atomic mass is 10.1. The van der Waals surface area contributed by atoms with Gasteiger partial charge in [-0.05, 0) is 43.7 Å². The molecule has 2 rings (SSSR count). The molecule has 7 heteroatoms. The van der Waals surface area contributed by atoms with Gasteiger partial charge < -0.3 is 21.1 Å². The highest BCUT2D eigenvalue weighted by molar-refractivity contribution is 7.98. The molecule has 5 N–H and O–H groups in total. The number of aromatic nitrogens is 2. The van der Waals surface area contributed by atoms with Gasteiger partial charge in [-0.25, -0.2) is 9.37 Å². The topological polar surface area (TPSA) is 90.1 Å². The van der Waals surface area contributed by atoms with E-state index in [1.165, 1.54) is 12.2 Å². The molecule has 0 fully saturated rings. The fraction of sp³-hybridized carbons (Fsp3) is 0.471. The van der Waals surface area contributed by atoms with Crippen LogP contribution in [0, 0.1) is 0 Å². The predicted octanol–water partition coefficient (Wildman–Crippen LogP) is 0.854. The van der Waals surface area contributed by atoms with Crippen molar-refractivity contribution < 1.29 is 9.50 Å². The van der Waals surface area contributed by atoms with Crippen LogP contribution in [0.5, 0.6) is 0 Å². The third kappa shape index (κ3) is 4.42. The zero-order valence-electron chi connectivity index (χ0n) is 14.3. The number of nitrogens with two attached hydrogens (primary N) is 2. The van der Waals surface area contributed by atoms with Crippen LogP contribution >= 0.6 is 11.8 Å². The van der Waals surface area contributed by atoms with Gasteiger partial charge in [0, 0.05) is 0 Å². The Balaban J connectivity index is 2.75. The van der Waals surface area contributed by atoms with E-state index in [0.717, 1.165) is 22.5 Å². The molecule has 1 aromatic rings. The van der Waals surface area contributed by atoms with Gasteiger partial charge >= 0.3 is 0 Å². The highest BCUT2D eigenvalue weighted by atomic mass is 32.2. The van der Waals surface area contributed by atoms with Crippen molar-refractivity contribution in [3.05, 3.63) is 40.6 Å². The third-order valence-corrected chi connectivity index (χ3v) is 4.44. The van der Waals surface area contributed by atoms with E-state index in [2.05, 4.69) is 11.9 Å². The van der Waals surface area contributed by atoms with E-state index in [1.807, 2.05) is 4.57 Å². The fourth-order valence-corrected chi connectivity index (χ4v) is 3.19. The third-order valence-electron chi connectivity index (χ3n) is 3.57. The van der Waals surface area contributed by atoms with Crippen LogP contribution in [0.1, 0.15) is 33.0 Å². The second-order valence-corrected chi connectivity index (χ2v) is 7.64. The van der Waals surface area contributed by atoms with E-state index in [0.29, 0.717) is 24.1 Å². The Morgan fingerprint density at radius 1 is 1.42 bits per heavy atom. The van der Waals surface area contributed by atoms with E-state index in [9.17, 15) is 9.50 Å². The van der Waals surface area contributed by atoms with Gasteiger partial charge in [-0.15, -0.1) is 0 Å². The first-order chi connectivity index (χ1) is 11.2. The summed E-state index contributed by atoms with van der Waals surface area (Å²) in [7, 11) is 0. The molecule has 0 bridgehead atoms. The van der Waals surface area contributed by atoms with Crippen molar-refractivity contribution >= 4 is 23.2 Å². The van der Waals surface area contributed by atoms with Gasteiger partial charge in [0.25, 0.3) is 0 Å². The normalized spacial score (nSPS) is 17.1. The largest absolute Gasteiger partial charge is 0.389 e. The Kier molecular flexibility index (Phi) is 5.77. The number of aliphatic hydroxyl groups is 1. The molecule has 132 valence electrons. The number of allylic oxidation sites excluding steroid dienone is 4. The van der Waals surface area contributed by atoms with Crippen molar-refractivity contribution in [2.45, 2.75) is 45.1 Å². The summed E-state index contributed by atoms with van der Waals surface area (Å²) >= 11 is 1.73. The molecule has 1 aromatic heterocycles. The summed E-state index contributed by atoms with van der Waals surface area (Å²) in [5.74, 6) is 2.30. The van der Waals surface area contributed by atoms with Gasteiger partial charge in [0.2, 0.25) is 0 Å². The molecule has 0 saturated heterocycles. The zero-order chi connectivity index (χ0) is 17.9. The molecule has 0 atom stereocenters. The zero-order valence-corrected chi connectivity index (χ0v) is 15.2. The molecule has 0 unspecified atom stereocenters. The molecule has 0 radical (unpaired) electrons. The van der Waals surface area contributed by atoms with Gasteiger partial charge in [-0.3, -0.25) is 0 Å². The van der Waals surface area contributed by atoms with Crippen molar-refractivity contribution in [2.75, 3.05) is 5.75 Å². The van der Waals surface area contributed by atoms with Gasteiger partial charge in [0.1, 0.15) is 22.8 Å². The molecular formula is C17H25FN4OS. The number of imidazole rings is 1. The van der Waals surface area contributed by atoms with Crippen molar-refractivity contribution in [2.24, 2.45) is 11.5 Å². The van der Waals surface area contributed by atoms with Crippen LogP contribution in [0.3, 0.4) is 0 Å². The molecule has 5 nitrogen and oxygen atoms in total. The van der Waals surface area contributed by atoms with Crippen molar-refractivity contribution in [3.8, 4) is 0 Å². The lowest BCUT2D eigenvalue weighted by Gasteiger charge is -2.20. The summed E-state index contributed by atoms with van der Waals surface area (Å²) in [5.41, 5.74) is 11.6.